The zero-order valence-corrected chi connectivity index (χ0v) is 16.8. The molecule has 3 aromatic rings. The normalized spacial score (nSPS) is 13.9. The lowest BCUT2D eigenvalue weighted by atomic mass is 10.1. The molecule has 1 unspecified atom stereocenters. The van der Waals surface area contributed by atoms with E-state index in [1.54, 1.807) is 0 Å². The number of fused-ring (bicyclic) bond motifs is 1. The number of nitrogens with zero attached hydrogens (tertiary/aromatic N) is 1. The molecule has 1 atom stereocenters. The first kappa shape index (κ1) is 19.2. The van der Waals surface area contributed by atoms with Crippen LogP contribution in [-0.2, 0) is 6.42 Å². The lowest BCUT2D eigenvalue weighted by molar-refractivity contribution is 0.222. The molecule has 4 nitrogen and oxygen atoms in total. The van der Waals surface area contributed by atoms with Gasteiger partial charge >= 0.3 is 0 Å². The molecule has 3 aromatic carbocycles. The third kappa shape index (κ3) is 5.23. The summed E-state index contributed by atoms with van der Waals surface area (Å²) in [4.78, 5) is 2.32. The van der Waals surface area contributed by atoms with Crippen LogP contribution in [0.1, 0.15) is 12.5 Å². The number of rotatable bonds is 8. The summed E-state index contributed by atoms with van der Waals surface area (Å²) in [5.41, 5.74) is 2.38. The first-order chi connectivity index (χ1) is 14.3. The standard InChI is InChI=1S/C25H27NO3/c1-20(29-23-7-3-2-4-8-23)19-21-11-13-22(14-12-21)27-17-15-26-16-18-28-25-10-6-5-9-24(25)26/h2-14,20H,15-19H2,1H3. The lowest BCUT2D eigenvalue weighted by Crippen LogP contribution is -2.35. The molecule has 4 rings (SSSR count). The van der Waals surface area contributed by atoms with Gasteiger partial charge in [-0.3, -0.25) is 0 Å². The molecule has 150 valence electrons. The fourth-order valence-corrected chi connectivity index (χ4v) is 3.56. The fraction of sp³-hybridized carbons (Fsp3) is 0.280. The highest BCUT2D eigenvalue weighted by Crippen LogP contribution is 2.30. The number of hydrogen-bond donors (Lipinski definition) is 0. The number of benzene rings is 3. The maximum Gasteiger partial charge on any atom is 0.142 e. The van der Waals surface area contributed by atoms with Crippen molar-refractivity contribution in [2.75, 3.05) is 31.2 Å². The minimum absolute atomic E-state index is 0.116. The van der Waals surface area contributed by atoms with Crippen LogP contribution in [0.3, 0.4) is 0 Å². The first-order valence-corrected chi connectivity index (χ1v) is 10.2. The van der Waals surface area contributed by atoms with Crippen molar-refractivity contribution in [1.29, 1.82) is 0 Å². The van der Waals surface area contributed by atoms with Gasteiger partial charge in [-0.2, -0.15) is 0 Å². The second-order valence-corrected chi connectivity index (χ2v) is 7.24. The predicted molar refractivity (Wildman–Crippen MR) is 116 cm³/mol. The van der Waals surface area contributed by atoms with E-state index in [-0.39, 0.29) is 6.10 Å². The number of para-hydroxylation sites is 3. The second kappa shape index (κ2) is 9.37. The Morgan fingerprint density at radius 1 is 0.897 bits per heavy atom. The molecular weight excluding hydrogens is 362 g/mol. The van der Waals surface area contributed by atoms with Gasteiger partial charge in [0.1, 0.15) is 30.5 Å². The third-order valence-corrected chi connectivity index (χ3v) is 4.98. The first-order valence-electron chi connectivity index (χ1n) is 10.2. The molecule has 1 aliphatic rings. The molecule has 1 heterocycles. The Labute approximate surface area is 172 Å². The van der Waals surface area contributed by atoms with Crippen LogP contribution in [-0.4, -0.2) is 32.4 Å². The van der Waals surface area contributed by atoms with E-state index in [0.717, 1.165) is 49.1 Å². The summed E-state index contributed by atoms with van der Waals surface area (Å²) in [7, 11) is 0. The Balaban J connectivity index is 1.25. The molecule has 0 bridgehead atoms. The molecule has 1 aliphatic heterocycles. The maximum atomic E-state index is 5.97. The summed E-state index contributed by atoms with van der Waals surface area (Å²) in [6.45, 7) is 5.18. The SMILES string of the molecule is CC(Cc1ccc(OCCN2CCOc3ccccc32)cc1)Oc1ccccc1. The summed E-state index contributed by atoms with van der Waals surface area (Å²) in [5, 5.41) is 0. The molecular formula is C25H27NO3. The summed E-state index contributed by atoms with van der Waals surface area (Å²) >= 11 is 0. The largest absolute Gasteiger partial charge is 0.492 e. The van der Waals surface area contributed by atoms with Crippen molar-refractivity contribution >= 4 is 5.69 Å². The smallest absolute Gasteiger partial charge is 0.142 e. The Hall–Kier alpha value is -3.14. The van der Waals surface area contributed by atoms with Crippen LogP contribution in [0.15, 0.2) is 78.9 Å². The number of anilines is 1. The Bertz CT molecular complexity index is 895. The Morgan fingerprint density at radius 3 is 2.48 bits per heavy atom. The van der Waals surface area contributed by atoms with E-state index in [1.165, 1.54) is 5.56 Å². The quantitative estimate of drug-likeness (QED) is 0.544. The zero-order valence-electron chi connectivity index (χ0n) is 16.8. The highest BCUT2D eigenvalue weighted by molar-refractivity contribution is 5.59. The maximum absolute atomic E-state index is 5.97. The van der Waals surface area contributed by atoms with E-state index in [4.69, 9.17) is 14.2 Å². The van der Waals surface area contributed by atoms with Crippen molar-refractivity contribution in [1.82, 2.24) is 0 Å². The van der Waals surface area contributed by atoms with Crippen LogP contribution >= 0.6 is 0 Å². The minimum atomic E-state index is 0.116. The van der Waals surface area contributed by atoms with Gasteiger partial charge in [-0.15, -0.1) is 0 Å². The van der Waals surface area contributed by atoms with E-state index in [2.05, 4.69) is 30.0 Å². The van der Waals surface area contributed by atoms with E-state index in [0.29, 0.717) is 6.61 Å². The van der Waals surface area contributed by atoms with Crippen LogP contribution < -0.4 is 19.1 Å². The highest BCUT2D eigenvalue weighted by Gasteiger charge is 2.16. The van der Waals surface area contributed by atoms with Crippen molar-refractivity contribution in [2.24, 2.45) is 0 Å². The summed E-state index contributed by atoms with van der Waals surface area (Å²) in [5.74, 6) is 2.76. The topological polar surface area (TPSA) is 30.9 Å². The van der Waals surface area contributed by atoms with E-state index >= 15 is 0 Å². The summed E-state index contributed by atoms with van der Waals surface area (Å²) in [6.07, 6.45) is 0.977. The van der Waals surface area contributed by atoms with Crippen molar-refractivity contribution in [3.8, 4) is 17.2 Å². The van der Waals surface area contributed by atoms with Gasteiger partial charge in [-0.25, -0.2) is 0 Å². The van der Waals surface area contributed by atoms with Gasteiger partial charge in [0.2, 0.25) is 0 Å². The van der Waals surface area contributed by atoms with Gasteiger partial charge in [0.05, 0.1) is 24.9 Å². The van der Waals surface area contributed by atoms with Crippen molar-refractivity contribution in [3.63, 3.8) is 0 Å². The van der Waals surface area contributed by atoms with Crippen LogP contribution in [0.4, 0.5) is 5.69 Å². The molecule has 0 N–H and O–H groups in total. The van der Waals surface area contributed by atoms with Gasteiger partial charge < -0.3 is 19.1 Å². The lowest BCUT2D eigenvalue weighted by Gasteiger charge is -2.31. The minimum Gasteiger partial charge on any atom is -0.492 e. The second-order valence-electron chi connectivity index (χ2n) is 7.24. The van der Waals surface area contributed by atoms with E-state index < -0.39 is 0 Å². The van der Waals surface area contributed by atoms with Crippen molar-refractivity contribution < 1.29 is 14.2 Å². The monoisotopic (exact) mass is 389 g/mol. The fourth-order valence-electron chi connectivity index (χ4n) is 3.56. The molecule has 4 heteroatoms. The average molecular weight is 389 g/mol. The molecule has 0 aromatic heterocycles. The number of hydrogen-bond acceptors (Lipinski definition) is 4. The molecule has 0 amide bonds. The molecule has 0 saturated carbocycles. The van der Waals surface area contributed by atoms with Crippen molar-refractivity contribution in [3.05, 3.63) is 84.4 Å². The van der Waals surface area contributed by atoms with Crippen LogP contribution in [0, 0.1) is 0 Å². The Kier molecular flexibility index (Phi) is 6.20. The molecule has 0 radical (unpaired) electrons. The van der Waals surface area contributed by atoms with Gasteiger partial charge in [0.15, 0.2) is 0 Å². The highest BCUT2D eigenvalue weighted by atomic mass is 16.5. The zero-order chi connectivity index (χ0) is 19.9. The van der Waals surface area contributed by atoms with E-state index in [1.807, 2.05) is 60.7 Å². The van der Waals surface area contributed by atoms with Crippen molar-refractivity contribution in [2.45, 2.75) is 19.4 Å². The van der Waals surface area contributed by atoms with Crippen LogP contribution in [0.2, 0.25) is 0 Å². The van der Waals surface area contributed by atoms with E-state index in [9.17, 15) is 0 Å². The average Bonchev–Trinajstić information content (AvgIpc) is 2.76. The van der Waals surface area contributed by atoms with Gasteiger partial charge in [0, 0.05) is 6.42 Å². The summed E-state index contributed by atoms with van der Waals surface area (Å²) < 4.78 is 17.6. The molecule has 0 fully saturated rings. The molecule has 0 saturated heterocycles. The molecule has 29 heavy (non-hydrogen) atoms. The van der Waals surface area contributed by atoms with Gasteiger partial charge in [0.25, 0.3) is 0 Å². The number of ether oxygens (including phenoxy) is 3. The van der Waals surface area contributed by atoms with Crippen LogP contribution in [0.25, 0.3) is 0 Å². The van der Waals surface area contributed by atoms with Gasteiger partial charge in [-0.1, -0.05) is 42.5 Å². The molecule has 0 aliphatic carbocycles. The van der Waals surface area contributed by atoms with Crippen LogP contribution in [0.5, 0.6) is 17.2 Å². The third-order valence-electron chi connectivity index (χ3n) is 4.98. The summed E-state index contributed by atoms with van der Waals surface area (Å²) in [6, 6.07) is 26.4. The predicted octanol–water partition coefficient (Wildman–Crippen LogP) is 4.97. The molecule has 0 spiro atoms. The Morgan fingerprint density at radius 2 is 1.66 bits per heavy atom. The van der Waals surface area contributed by atoms with Gasteiger partial charge in [-0.05, 0) is 48.9 Å².